The lowest BCUT2D eigenvalue weighted by Crippen LogP contribution is -1.91. The lowest BCUT2D eigenvalue weighted by molar-refractivity contribution is 0.575. The standard InChI is InChI=1S/C12H9BrN6O/c13-9-3-1-8(2-4-9)11-6-5-10(20-11)7-14-15-12-16-18-19-17-12/h1-7H,(H2,15,16,17,18,19)/b14-7-. The first-order valence-corrected chi connectivity index (χ1v) is 6.49. The quantitative estimate of drug-likeness (QED) is 0.566. The van der Waals surface area contributed by atoms with Crippen molar-refractivity contribution in [3.8, 4) is 11.3 Å². The number of nitrogens with one attached hydrogen (secondary N) is 2. The fourth-order valence-corrected chi connectivity index (χ4v) is 1.82. The maximum atomic E-state index is 5.66. The van der Waals surface area contributed by atoms with Gasteiger partial charge in [-0.15, -0.1) is 5.10 Å². The summed E-state index contributed by atoms with van der Waals surface area (Å²) in [6.07, 6.45) is 1.54. The van der Waals surface area contributed by atoms with Crippen molar-refractivity contribution in [2.45, 2.75) is 0 Å². The minimum Gasteiger partial charge on any atom is -0.455 e. The Morgan fingerprint density at radius 2 is 2.05 bits per heavy atom. The van der Waals surface area contributed by atoms with Crippen molar-refractivity contribution in [3.63, 3.8) is 0 Å². The van der Waals surface area contributed by atoms with Gasteiger partial charge < -0.3 is 4.42 Å². The number of hydrogen-bond acceptors (Lipinski definition) is 6. The molecule has 2 N–H and O–H groups in total. The number of benzene rings is 1. The first-order chi connectivity index (χ1) is 9.81. The number of nitrogens with zero attached hydrogens (tertiary/aromatic N) is 4. The Kier molecular flexibility index (Phi) is 3.55. The third kappa shape index (κ3) is 2.91. The largest absolute Gasteiger partial charge is 0.455 e. The van der Waals surface area contributed by atoms with Gasteiger partial charge in [-0.3, -0.25) is 0 Å². The van der Waals surface area contributed by atoms with Crippen molar-refractivity contribution in [2.24, 2.45) is 5.10 Å². The van der Waals surface area contributed by atoms with Crippen LogP contribution in [0.1, 0.15) is 5.76 Å². The summed E-state index contributed by atoms with van der Waals surface area (Å²) in [4.78, 5) is 0. The van der Waals surface area contributed by atoms with Crippen LogP contribution in [-0.2, 0) is 0 Å². The summed E-state index contributed by atoms with van der Waals surface area (Å²) in [5, 5.41) is 17.1. The van der Waals surface area contributed by atoms with Crippen LogP contribution in [0.25, 0.3) is 11.3 Å². The van der Waals surface area contributed by atoms with Crippen LogP contribution < -0.4 is 5.43 Å². The first-order valence-electron chi connectivity index (χ1n) is 5.69. The SMILES string of the molecule is Brc1ccc(-c2ccc(/C=N\Nc3nn[nH]n3)o2)cc1. The highest BCUT2D eigenvalue weighted by Gasteiger charge is 2.03. The van der Waals surface area contributed by atoms with Crippen molar-refractivity contribution < 1.29 is 4.42 Å². The average molecular weight is 333 g/mol. The summed E-state index contributed by atoms with van der Waals surface area (Å²) in [5.74, 6) is 1.69. The number of H-pyrrole nitrogens is 1. The number of tetrazole rings is 1. The molecule has 0 radical (unpaired) electrons. The van der Waals surface area contributed by atoms with Gasteiger partial charge in [-0.2, -0.15) is 10.3 Å². The van der Waals surface area contributed by atoms with Crippen LogP contribution in [0.15, 0.2) is 50.4 Å². The Labute approximate surface area is 122 Å². The Balaban J connectivity index is 1.70. The Morgan fingerprint density at radius 3 is 2.80 bits per heavy atom. The molecule has 0 fully saturated rings. The zero-order valence-electron chi connectivity index (χ0n) is 10.1. The Morgan fingerprint density at radius 1 is 1.20 bits per heavy atom. The molecule has 3 rings (SSSR count). The van der Waals surface area contributed by atoms with Gasteiger partial charge in [0, 0.05) is 10.0 Å². The molecule has 3 aromatic rings. The Bertz CT molecular complexity index is 704. The van der Waals surface area contributed by atoms with E-state index >= 15 is 0 Å². The molecule has 7 nitrogen and oxygen atoms in total. The van der Waals surface area contributed by atoms with Gasteiger partial charge in [-0.1, -0.05) is 33.2 Å². The topological polar surface area (TPSA) is 92.0 Å². The monoisotopic (exact) mass is 332 g/mol. The van der Waals surface area contributed by atoms with E-state index in [0.717, 1.165) is 15.8 Å². The summed E-state index contributed by atoms with van der Waals surface area (Å²) < 4.78 is 6.69. The van der Waals surface area contributed by atoms with E-state index in [1.165, 1.54) is 0 Å². The average Bonchev–Trinajstić information content (AvgIpc) is 3.11. The summed E-state index contributed by atoms with van der Waals surface area (Å²) >= 11 is 3.40. The Hall–Kier alpha value is -2.48. The molecule has 0 unspecified atom stereocenters. The second-order valence-corrected chi connectivity index (χ2v) is 4.73. The van der Waals surface area contributed by atoms with Crippen LogP contribution in [0, 0.1) is 0 Å². The molecule has 0 spiro atoms. The molecule has 1 aromatic carbocycles. The maximum Gasteiger partial charge on any atom is 0.283 e. The molecule has 0 saturated heterocycles. The van der Waals surface area contributed by atoms with Crippen molar-refractivity contribution in [3.05, 3.63) is 46.6 Å². The maximum absolute atomic E-state index is 5.66. The predicted molar refractivity (Wildman–Crippen MR) is 77.2 cm³/mol. The molecule has 8 heteroatoms. The van der Waals surface area contributed by atoms with Gasteiger partial charge in [0.25, 0.3) is 5.95 Å². The number of rotatable bonds is 4. The lowest BCUT2D eigenvalue weighted by Gasteiger charge is -1.96. The second-order valence-electron chi connectivity index (χ2n) is 3.81. The van der Waals surface area contributed by atoms with Crippen LogP contribution in [0.5, 0.6) is 0 Å². The third-order valence-electron chi connectivity index (χ3n) is 2.46. The number of furan rings is 1. The van der Waals surface area contributed by atoms with Crippen molar-refractivity contribution in [1.82, 2.24) is 20.6 Å². The van der Waals surface area contributed by atoms with E-state index in [-0.39, 0.29) is 0 Å². The number of aromatic nitrogens is 4. The van der Waals surface area contributed by atoms with E-state index in [1.807, 2.05) is 36.4 Å². The summed E-state index contributed by atoms with van der Waals surface area (Å²) in [5.41, 5.74) is 3.62. The van der Waals surface area contributed by atoms with Crippen molar-refractivity contribution in [2.75, 3.05) is 5.43 Å². The third-order valence-corrected chi connectivity index (χ3v) is 2.99. The number of hydrazone groups is 1. The normalized spacial score (nSPS) is 11.1. The van der Waals surface area contributed by atoms with Crippen molar-refractivity contribution in [1.29, 1.82) is 0 Å². The van der Waals surface area contributed by atoms with Gasteiger partial charge in [0.15, 0.2) is 0 Å². The van der Waals surface area contributed by atoms with Crippen LogP contribution in [0.2, 0.25) is 0 Å². The predicted octanol–water partition coefficient (Wildman–Crippen LogP) is 2.67. The van der Waals surface area contributed by atoms with Gasteiger partial charge in [0.2, 0.25) is 0 Å². The molecule has 0 amide bonds. The van der Waals surface area contributed by atoms with E-state index in [2.05, 4.69) is 47.1 Å². The smallest absolute Gasteiger partial charge is 0.283 e. The van der Waals surface area contributed by atoms with Crippen molar-refractivity contribution >= 4 is 28.1 Å². The fourth-order valence-electron chi connectivity index (χ4n) is 1.55. The number of halogens is 1. The van der Waals surface area contributed by atoms with E-state index in [4.69, 9.17) is 4.42 Å². The van der Waals surface area contributed by atoms with Gasteiger partial charge in [0.1, 0.15) is 11.5 Å². The minimum atomic E-state index is 0.293. The summed E-state index contributed by atoms with van der Waals surface area (Å²) in [6.45, 7) is 0. The number of aromatic amines is 1. The van der Waals surface area contributed by atoms with E-state index in [9.17, 15) is 0 Å². The molecule has 2 heterocycles. The van der Waals surface area contributed by atoms with Crippen LogP contribution in [-0.4, -0.2) is 26.8 Å². The van der Waals surface area contributed by atoms with Gasteiger partial charge in [0.05, 0.1) is 6.21 Å². The zero-order valence-corrected chi connectivity index (χ0v) is 11.7. The first kappa shape index (κ1) is 12.5. The van der Waals surface area contributed by atoms with Crippen LogP contribution >= 0.6 is 15.9 Å². The fraction of sp³-hybridized carbons (Fsp3) is 0. The summed E-state index contributed by atoms with van der Waals surface area (Å²) in [6, 6.07) is 11.6. The molecule has 0 aliphatic carbocycles. The van der Waals surface area contributed by atoms with Gasteiger partial charge in [-0.05, 0) is 29.5 Å². The lowest BCUT2D eigenvalue weighted by atomic mass is 10.2. The van der Waals surface area contributed by atoms with E-state index < -0.39 is 0 Å². The molecular weight excluding hydrogens is 324 g/mol. The minimum absolute atomic E-state index is 0.293. The molecule has 100 valence electrons. The molecule has 0 aliphatic heterocycles. The molecular formula is C12H9BrN6O. The zero-order chi connectivity index (χ0) is 13.8. The van der Waals surface area contributed by atoms with E-state index in [1.54, 1.807) is 6.21 Å². The highest BCUT2D eigenvalue weighted by atomic mass is 79.9. The van der Waals surface area contributed by atoms with Crippen LogP contribution in [0.4, 0.5) is 5.95 Å². The number of anilines is 1. The highest BCUT2D eigenvalue weighted by molar-refractivity contribution is 9.10. The van der Waals surface area contributed by atoms with Gasteiger partial charge >= 0.3 is 0 Å². The highest BCUT2D eigenvalue weighted by Crippen LogP contribution is 2.23. The molecule has 2 aromatic heterocycles. The summed E-state index contributed by atoms with van der Waals surface area (Å²) in [7, 11) is 0. The molecule has 0 atom stereocenters. The van der Waals surface area contributed by atoms with E-state index in [0.29, 0.717) is 11.7 Å². The molecule has 0 aliphatic rings. The molecule has 0 saturated carbocycles. The van der Waals surface area contributed by atoms with Gasteiger partial charge in [-0.25, -0.2) is 5.43 Å². The molecule has 0 bridgehead atoms. The molecule has 20 heavy (non-hydrogen) atoms. The second kappa shape index (κ2) is 5.66. The number of hydrogen-bond donors (Lipinski definition) is 2. The van der Waals surface area contributed by atoms with Crippen LogP contribution in [0.3, 0.4) is 0 Å².